The zero-order valence-electron chi connectivity index (χ0n) is 79.9. The third-order valence-electron chi connectivity index (χ3n) is 27.5. The van der Waals surface area contributed by atoms with Crippen LogP contribution in [0.4, 0.5) is 14.4 Å². The number of aliphatic hydroxyl groups excluding tert-OH is 3. The molecule has 6 fully saturated rings. The van der Waals surface area contributed by atoms with Gasteiger partial charge >= 0.3 is 24.2 Å². The Bertz CT molecular complexity index is 3350. The Morgan fingerprint density at radius 3 is 1.19 bits per heavy atom. The summed E-state index contributed by atoms with van der Waals surface area (Å²) in [6, 6.07) is 5.96. The number of fused-ring (bicyclic) bond motifs is 2. The zero-order chi connectivity index (χ0) is 89.6. The van der Waals surface area contributed by atoms with Gasteiger partial charge in [0.15, 0.2) is 33.3 Å². The SMILES string of the molecule is CC(C)(C)OC(=O)N1C2CCC1(CO)COC2.CCC1(CO[Si](C)(C)C(C)(C)C)CCC(CO)C1.CCC1(CO[Si](C)(C)C(C)(C)C)CCC(CO)N1C(=O)OC(C)(C)C.CCC1(CO[Si](C)(C)C(C)(C)C)CCC(COC(C)=O)C1.CCC1(CO[Si](C)(C)C(C)(C)C)CCC(COS(=O)(=O)c2ccc(C)cc2)N1C(=O)OC(C)(C)C. The van der Waals surface area contributed by atoms with Crippen LogP contribution in [0.3, 0.4) is 0 Å². The van der Waals surface area contributed by atoms with Gasteiger partial charge in [-0.3, -0.25) is 23.7 Å². The monoisotopic (exact) mass is 1730 g/mol. The summed E-state index contributed by atoms with van der Waals surface area (Å²) in [5, 5.41) is 29.4. The molecule has 1 aromatic carbocycles. The molecule has 116 heavy (non-hydrogen) atoms. The van der Waals surface area contributed by atoms with E-state index in [4.69, 9.17) is 45.6 Å². The number of benzene rings is 1. The first-order valence-electron chi connectivity index (χ1n) is 43.7. The van der Waals surface area contributed by atoms with Crippen LogP contribution in [0.5, 0.6) is 0 Å². The summed E-state index contributed by atoms with van der Waals surface area (Å²) in [5.41, 5.74) is -1.70. The molecule has 4 heterocycles. The number of rotatable bonds is 25. The maximum atomic E-state index is 13.5. The van der Waals surface area contributed by atoms with E-state index in [9.17, 15) is 42.9 Å². The minimum Gasteiger partial charge on any atom is -0.466 e. The van der Waals surface area contributed by atoms with Crippen molar-refractivity contribution < 1.29 is 88.5 Å². The number of likely N-dealkylation sites (tertiary alicyclic amines) is 2. The fourth-order valence-electron chi connectivity index (χ4n) is 15.0. The van der Waals surface area contributed by atoms with Gasteiger partial charge in [0.2, 0.25) is 0 Å². The Morgan fingerprint density at radius 2 is 0.845 bits per heavy atom. The average Bonchev–Trinajstić information content (AvgIpc) is 1.60. The molecule has 7 rings (SSSR count). The number of ether oxygens (including phenoxy) is 5. The van der Waals surface area contributed by atoms with E-state index in [1.807, 2.05) is 76.2 Å². The second-order valence-corrected chi connectivity index (χ2v) is 64.9. The van der Waals surface area contributed by atoms with Gasteiger partial charge in [-0.15, -0.1) is 0 Å². The fourth-order valence-corrected chi connectivity index (χ4v) is 20.2. The molecular formula is C89H171N3O19SSi4. The minimum atomic E-state index is -3.95. The number of amides is 3. The average molecular weight is 1730 g/mol. The third-order valence-corrected chi connectivity index (χ3v) is 46.7. The standard InChI is InChI=1S/C26H45NO6SSi.C19H39NO4Si.C17H34O3Si.C15H32O2Si.C12H21NO4/c1-11-26(19-32-35(9,10)25(6,7)8)17-16-21(27(26)23(28)33-24(3,4)5)18-31-34(29,30)22-14-12-20(2)13-15-22;1-10-19(14-23-25(8,9)18(5,6)7)12-11-15(13-21)20(19)16(22)24-17(2,3)4;1-8-17(13-20-21(6,7)16(3,4)5)10-9-15(11-17)12-19-14(2)18;1-7-15(9-8-13(10-15)11-16)12-17-18(5,6)14(2,3)4;1-11(2,3)17-10(15)13-9-4-5-12(13,7-14)8-16-6-9/h12-15,21H,11,16-19H2,1-10H3;15,21H,10-14H2,1-9H3;15H,8-13H2,1-7H3;13,16H,7-12H2,1-6H3;9,14H,4-8H2,1-3H3. The van der Waals surface area contributed by atoms with Gasteiger partial charge in [0, 0.05) is 26.7 Å². The maximum absolute atomic E-state index is 13.5. The van der Waals surface area contributed by atoms with Crippen LogP contribution in [0, 0.1) is 29.6 Å². The molecule has 3 N–H and O–H groups in total. The molecule has 0 radical (unpaired) electrons. The highest BCUT2D eigenvalue weighted by Crippen LogP contribution is 2.50. The number of aliphatic hydroxyl groups is 3. The number of nitrogens with zero attached hydrogens (tertiary/aromatic N) is 3. The Kier molecular flexibility index (Phi) is 38.5. The van der Waals surface area contributed by atoms with E-state index in [0.29, 0.717) is 81.6 Å². The number of hydrogen-bond donors (Lipinski definition) is 3. The van der Waals surface area contributed by atoms with E-state index >= 15 is 0 Å². The van der Waals surface area contributed by atoms with Crippen molar-refractivity contribution in [3.05, 3.63) is 29.8 Å². The van der Waals surface area contributed by atoms with Gasteiger partial charge in [-0.05, 0) is 279 Å². The lowest BCUT2D eigenvalue weighted by Gasteiger charge is -2.44. The van der Waals surface area contributed by atoms with Crippen LogP contribution in [0.15, 0.2) is 29.2 Å². The highest BCUT2D eigenvalue weighted by molar-refractivity contribution is 7.86. The maximum Gasteiger partial charge on any atom is 0.411 e. The number of hydrogen-bond acceptors (Lipinski definition) is 19. The molecule has 3 amide bonds. The van der Waals surface area contributed by atoms with Crippen molar-refractivity contribution >= 4 is 67.6 Å². The Hall–Kier alpha value is -3.04. The van der Waals surface area contributed by atoms with E-state index in [1.54, 1.807) is 26.8 Å². The normalized spacial score (nSPS) is 26.4. The molecule has 2 saturated carbocycles. The highest BCUT2D eigenvalue weighted by Gasteiger charge is 2.56. The number of aryl methyl sites for hydroxylation is 1. The fraction of sp³-hybridized carbons (Fsp3) is 0.888. The Labute approximate surface area is 710 Å². The van der Waals surface area contributed by atoms with Gasteiger partial charge in [0.25, 0.3) is 10.1 Å². The van der Waals surface area contributed by atoms with Gasteiger partial charge in [-0.1, -0.05) is 128 Å². The van der Waals surface area contributed by atoms with Crippen LogP contribution >= 0.6 is 0 Å². The van der Waals surface area contributed by atoms with Crippen LogP contribution in [0.25, 0.3) is 0 Å². The molecule has 0 aromatic heterocycles. The van der Waals surface area contributed by atoms with Crippen molar-refractivity contribution in [2.75, 3.05) is 72.7 Å². The van der Waals surface area contributed by atoms with Crippen LogP contribution in [0.1, 0.15) is 288 Å². The molecule has 2 aliphatic carbocycles. The molecule has 22 nitrogen and oxygen atoms in total. The van der Waals surface area contributed by atoms with Crippen LogP contribution in [0.2, 0.25) is 72.5 Å². The van der Waals surface area contributed by atoms with Crippen molar-refractivity contribution in [1.29, 1.82) is 0 Å². The highest BCUT2D eigenvalue weighted by atomic mass is 32.2. The molecule has 0 spiro atoms. The Morgan fingerprint density at radius 1 is 0.474 bits per heavy atom. The van der Waals surface area contributed by atoms with Crippen molar-refractivity contribution in [3.63, 3.8) is 0 Å². The van der Waals surface area contributed by atoms with E-state index in [1.165, 1.54) is 44.7 Å². The summed E-state index contributed by atoms with van der Waals surface area (Å²) >= 11 is 0. The Balaban J connectivity index is 0.000000385. The molecule has 6 aliphatic rings. The number of carbonyl (C=O) groups is 4. The first kappa shape index (κ1) is 107. The largest absolute Gasteiger partial charge is 0.466 e. The zero-order valence-corrected chi connectivity index (χ0v) is 84.7. The lowest BCUT2D eigenvalue weighted by atomic mass is 9.83. The molecule has 2 bridgehead atoms. The van der Waals surface area contributed by atoms with Gasteiger partial charge in [-0.2, -0.15) is 8.42 Å². The van der Waals surface area contributed by atoms with Crippen LogP contribution in [-0.4, -0.2) is 220 Å². The van der Waals surface area contributed by atoms with E-state index in [2.05, 4.69) is 156 Å². The van der Waals surface area contributed by atoms with Crippen LogP contribution < -0.4 is 0 Å². The summed E-state index contributed by atoms with van der Waals surface area (Å²) in [4.78, 5) is 54.7. The molecule has 4 saturated heterocycles. The van der Waals surface area contributed by atoms with Crippen molar-refractivity contribution in [1.82, 2.24) is 14.7 Å². The predicted octanol–water partition coefficient (Wildman–Crippen LogP) is 20.9. The molecule has 27 heteroatoms. The van der Waals surface area contributed by atoms with E-state index in [-0.39, 0.29) is 75.1 Å². The predicted molar refractivity (Wildman–Crippen MR) is 478 cm³/mol. The lowest BCUT2D eigenvalue weighted by molar-refractivity contribution is -0.142. The smallest absolute Gasteiger partial charge is 0.411 e. The summed E-state index contributed by atoms with van der Waals surface area (Å²) in [6.07, 6.45) is 14.3. The topological polar surface area (TPSA) is 265 Å². The number of morpholine rings is 1. The molecule has 678 valence electrons. The minimum absolute atomic E-state index is 0.0297. The van der Waals surface area contributed by atoms with Crippen LogP contribution in [-0.2, 0) is 60.5 Å². The first-order chi connectivity index (χ1) is 52.6. The van der Waals surface area contributed by atoms with Gasteiger partial charge in [0.05, 0.1) is 92.5 Å². The summed E-state index contributed by atoms with van der Waals surface area (Å²) < 4.78 is 84.6. The summed E-state index contributed by atoms with van der Waals surface area (Å²) in [6.45, 7) is 78.1. The second kappa shape index (κ2) is 41.6. The van der Waals surface area contributed by atoms with Crippen molar-refractivity contribution in [3.8, 4) is 0 Å². The van der Waals surface area contributed by atoms with Crippen molar-refractivity contribution in [2.45, 2.75) is 419 Å². The summed E-state index contributed by atoms with van der Waals surface area (Å²) in [7, 11) is -11.3. The molecule has 10 atom stereocenters. The molecule has 10 unspecified atom stereocenters. The third kappa shape index (κ3) is 30.1. The van der Waals surface area contributed by atoms with E-state index in [0.717, 1.165) is 76.6 Å². The second-order valence-electron chi connectivity index (χ2n) is 44.0. The van der Waals surface area contributed by atoms with Crippen molar-refractivity contribution in [2.24, 2.45) is 22.7 Å². The van der Waals surface area contributed by atoms with Gasteiger partial charge in [0.1, 0.15) is 16.8 Å². The lowest BCUT2D eigenvalue weighted by Crippen LogP contribution is -2.60. The molecule has 4 aliphatic heterocycles. The molecule has 1 aromatic rings. The van der Waals surface area contributed by atoms with E-state index < -0.39 is 88.9 Å². The number of carbonyl (C=O) groups excluding carboxylic acids is 4. The quantitative estimate of drug-likeness (QED) is 0.0355. The van der Waals surface area contributed by atoms with Gasteiger partial charge in [-0.25, -0.2) is 14.4 Å². The molecular weight excluding hydrogens is 1560 g/mol. The summed E-state index contributed by atoms with van der Waals surface area (Å²) in [5.74, 6) is 0.853. The first-order valence-corrected chi connectivity index (χ1v) is 56.7. The number of esters is 1. The van der Waals surface area contributed by atoms with Gasteiger partial charge < -0.3 is 56.7 Å².